The van der Waals surface area contributed by atoms with Crippen LogP contribution in [-0.2, 0) is 11.3 Å². The molecule has 0 radical (unpaired) electrons. The molecule has 0 saturated heterocycles. The molecule has 5 nitrogen and oxygen atoms in total. The van der Waals surface area contributed by atoms with Crippen LogP contribution in [0.5, 0.6) is 0 Å². The standard InChI is InChI=1S/C21H26N4O/c1-11-8-12(2)20(13(3)9-11)25-15(5)14(4)19-18(10-22-17(7)26)23-16(6)24-21(19)25/h8-9H,10H2,1-7H3,(H,22,26). The second-order valence-electron chi connectivity index (χ2n) is 7.12. The van der Waals surface area contributed by atoms with Gasteiger partial charge in [-0.1, -0.05) is 17.7 Å². The molecule has 1 amide bonds. The fourth-order valence-corrected chi connectivity index (χ4v) is 3.80. The van der Waals surface area contributed by atoms with Crippen molar-refractivity contribution in [2.24, 2.45) is 0 Å². The second-order valence-corrected chi connectivity index (χ2v) is 7.12. The Balaban J connectivity index is 2.35. The highest BCUT2D eigenvalue weighted by Gasteiger charge is 2.20. The molecule has 136 valence electrons. The molecule has 0 fully saturated rings. The van der Waals surface area contributed by atoms with Crippen molar-refractivity contribution < 1.29 is 4.79 Å². The van der Waals surface area contributed by atoms with Crippen LogP contribution in [-0.4, -0.2) is 20.4 Å². The third-order valence-electron chi connectivity index (χ3n) is 4.91. The van der Waals surface area contributed by atoms with Gasteiger partial charge < -0.3 is 5.32 Å². The summed E-state index contributed by atoms with van der Waals surface area (Å²) in [6.07, 6.45) is 0. The lowest BCUT2D eigenvalue weighted by Crippen LogP contribution is -2.20. The van der Waals surface area contributed by atoms with Gasteiger partial charge in [-0.25, -0.2) is 9.97 Å². The van der Waals surface area contributed by atoms with Gasteiger partial charge in [0.1, 0.15) is 11.5 Å². The average Bonchev–Trinajstić information content (AvgIpc) is 2.76. The summed E-state index contributed by atoms with van der Waals surface area (Å²) in [5.74, 6) is 0.646. The summed E-state index contributed by atoms with van der Waals surface area (Å²) in [6.45, 7) is 14.4. The molecular formula is C21H26N4O. The summed E-state index contributed by atoms with van der Waals surface area (Å²) >= 11 is 0. The number of aromatic nitrogens is 3. The smallest absolute Gasteiger partial charge is 0.217 e. The van der Waals surface area contributed by atoms with Crippen molar-refractivity contribution in [2.45, 2.75) is 55.0 Å². The number of nitrogens with one attached hydrogen (secondary N) is 1. The summed E-state index contributed by atoms with van der Waals surface area (Å²) in [5, 5.41) is 3.90. The molecule has 3 aromatic rings. The topological polar surface area (TPSA) is 59.8 Å². The van der Waals surface area contributed by atoms with Crippen molar-refractivity contribution in [2.75, 3.05) is 0 Å². The highest BCUT2D eigenvalue weighted by Crippen LogP contribution is 2.32. The van der Waals surface area contributed by atoms with E-state index in [1.807, 2.05) is 6.92 Å². The molecule has 3 rings (SSSR count). The molecule has 0 saturated carbocycles. The Kier molecular flexibility index (Phi) is 4.57. The van der Waals surface area contributed by atoms with E-state index in [9.17, 15) is 4.79 Å². The zero-order chi connectivity index (χ0) is 19.2. The summed E-state index contributed by atoms with van der Waals surface area (Å²) in [4.78, 5) is 20.7. The lowest BCUT2D eigenvalue weighted by atomic mass is 10.0. The van der Waals surface area contributed by atoms with E-state index in [1.54, 1.807) is 0 Å². The number of hydrogen-bond acceptors (Lipinski definition) is 3. The lowest BCUT2D eigenvalue weighted by Gasteiger charge is -2.16. The second kappa shape index (κ2) is 6.56. The minimum Gasteiger partial charge on any atom is -0.351 e. The summed E-state index contributed by atoms with van der Waals surface area (Å²) < 4.78 is 2.24. The number of fused-ring (bicyclic) bond motifs is 1. The van der Waals surface area contributed by atoms with Gasteiger partial charge in [-0.15, -0.1) is 0 Å². The number of amides is 1. The Morgan fingerprint density at radius 1 is 1.04 bits per heavy atom. The lowest BCUT2D eigenvalue weighted by molar-refractivity contribution is -0.119. The van der Waals surface area contributed by atoms with E-state index < -0.39 is 0 Å². The highest BCUT2D eigenvalue weighted by atomic mass is 16.1. The van der Waals surface area contributed by atoms with Crippen LogP contribution in [0, 0.1) is 41.5 Å². The Hall–Kier alpha value is -2.69. The zero-order valence-electron chi connectivity index (χ0n) is 16.6. The molecule has 0 atom stereocenters. The average molecular weight is 350 g/mol. The van der Waals surface area contributed by atoms with Crippen LogP contribution < -0.4 is 5.32 Å². The quantitative estimate of drug-likeness (QED) is 0.779. The first kappa shape index (κ1) is 18.1. The third kappa shape index (κ3) is 2.98. The first-order valence-electron chi connectivity index (χ1n) is 8.88. The molecule has 0 spiro atoms. The van der Waals surface area contributed by atoms with Gasteiger partial charge in [0.2, 0.25) is 5.91 Å². The Morgan fingerprint density at radius 3 is 2.23 bits per heavy atom. The van der Waals surface area contributed by atoms with Gasteiger partial charge in [-0.05, 0) is 58.2 Å². The first-order valence-corrected chi connectivity index (χ1v) is 8.88. The normalized spacial score (nSPS) is 11.2. The predicted octanol–water partition coefficient (Wildman–Crippen LogP) is 3.91. The minimum atomic E-state index is -0.0616. The number of carbonyl (C=O) groups is 1. The Labute approximate surface area is 154 Å². The monoisotopic (exact) mass is 350 g/mol. The minimum absolute atomic E-state index is 0.0616. The van der Waals surface area contributed by atoms with Crippen LogP contribution in [0.4, 0.5) is 0 Å². The molecule has 5 heteroatoms. The van der Waals surface area contributed by atoms with Gasteiger partial charge in [0, 0.05) is 18.0 Å². The van der Waals surface area contributed by atoms with Crippen molar-refractivity contribution in [3.63, 3.8) is 0 Å². The van der Waals surface area contributed by atoms with E-state index in [0.29, 0.717) is 12.4 Å². The van der Waals surface area contributed by atoms with Gasteiger partial charge in [-0.2, -0.15) is 0 Å². The number of hydrogen-bond donors (Lipinski definition) is 1. The van der Waals surface area contributed by atoms with E-state index in [-0.39, 0.29) is 5.91 Å². The van der Waals surface area contributed by atoms with Crippen LogP contribution in [0.1, 0.15) is 46.4 Å². The number of aryl methyl sites for hydroxylation is 5. The van der Waals surface area contributed by atoms with Crippen molar-refractivity contribution in [3.05, 3.63) is 51.6 Å². The van der Waals surface area contributed by atoms with Crippen LogP contribution in [0.25, 0.3) is 16.7 Å². The molecule has 0 aliphatic rings. The van der Waals surface area contributed by atoms with Gasteiger partial charge >= 0.3 is 0 Å². The molecule has 2 heterocycles. The molecule has 0 bridgehead atoms. The first-order chi connectivity index (χ1) is 12.2. The van der Waals surface area contributed by atoms with E-state index in [2.05, 4.69) is 61.6 Å². The molecule has 26 heavy (non-hydrogen) atoms. The van der Waals surface area contributed by atoms with Crippen molar-refractivity contribution in [1.29, 1.82) is 0 Å². The van der Waals surface area contributed by atoms with Crippen molar-refractivity contribution >= 4 is 16.9 Å². The fraction of sp³-hybridized carbons (Fsp3) is 0.381. The maximum absolute atomic E-state index is 11.4. The number of rotatable bonds is 3. The van der Waals surface area contributed by atoms with Gasteiger partial charge in [0.05, 0.1) is 17.9 Å². The maximum atomic E-state index is 11.4. The molecule has 0 unspecified atom stereocenters. The highest BCUT2D eigenvalue weighted by molar-refractivity contribution is 5.87. The Morgan fingerprint density at radius 2 is 1.65 bits per heavy atom. The molecule has 0 aliphatic heterocycles. The van der Waals surface area contributed by atoms with E-state index in [1.165, 1.54) is 29.3 Å². The van der Waals surface area contributed by atoms with Crippen LogP contribution in [0.2, 0.25) is 0 Å². The van der Waals surface area contributed by atoms with Crippen LogP contribution in [0.3, 0.4) is 0 Å². The van der Waals surface area contributed by atoms with Gasteiger partial charge in [-0.3, -0.25) is 9.36 Å². The Bertz CT molecular complexity index is 1010. The summed E-state index contributed by atoms with van der Waals surface area (Å²) in [5.41, 5.74) is 8.96. The van der Waals surface area contributed by atoms with E-state index in [0.717, 1.165) is 28.0 Å². The molecule has 1 N–H and O–H groups in total. The largest absolute Gasteiger partial charge is 0.351 e. The predicted molar refractivity (Wildman–Crippen MR) is 105 cm³/mol. The van der Waals surface area contributed by atoms with Gasteiger partial charge in [0.25, 0.3) is 0 Å². The SMILES string of the molecule is CC(=O)NCc1nc(C)nc2c1c(C)c(C)n2-c1c(C)cc(C)cc1C. The number of carbonyl (C=O) groups excluding carboxylic acids is 1. The van der Waals surface area contributed by atoms with Crippen LogP contribution >= 0.6 is 0 Å². The van der Waals surface area contributed by atoms with E-state index in [4.69, 9.17) is 4.98 Å². The zero-order valence-corrected chi connectivity index (χ0v) is 16.6. The van der Waals surface area contributed by atoms with Crippen LogP contribution in [0.15, 0.2) is 12.1 Å². The van der Waals surface area contributed by atoms with E-state index >= 15 is 0 Å². The third-order valence-corrected chi connectivity index (χ3v) is 4.91. The fourth-order valence-electron chi connectivity index (χ4n) is 3.80. The molecule has 1 aromatic carbocycles. The number of nitrogens with zero attached hydrogens (tertiary/aromatic N) is 3. The molecule has 0 aliphatic carbocycles. The van der Waals surface area contributed by atoms with Crippen molar-refractivity contribution in [3.8, 4) is 5.69 Å². The molecule has 2 aromatic heterocycles. The maximum Gasteiger partial charge on any atom is 0.217 e. The molecular weight excluding hydrogens is 324 g/mol. The van der Waals surface area contributed by atoms with Crippen molar-refractivity contribution in [1.82, 2.24) is 19.9 Å². The summed E-state index contributed by atoms with van der Waals surface area (Å²) in [6, 6.07) is 4.41. The van der Waals surface area contributed by atoms with Gasteiger partial charge in [0.15, 0.2) is 0 Å². The summed E-state index contributed by atoms with van der Waals surface area (Å²) in [7, 11) is 0. The number of benzene rings is 1.